The molecule has 2 bridgehead atoms. The van der Waals surface area contributed by atoms with Gasteiger partial charge in [0.25, 0.3) is 0 Å². The van der Waals surface area contributed by atoms with Crippen molar-refractivity contribution in [3.63, 3.8) is 0 Å². The maximum Gasteiger partial charge on any atom is 0.323 e. The molecule has 0 amide bonds. The lowest BCUT2D eigenvalue weighted by Gasteiger charge is -2.29. The molecule has 0 saturated carbocycles. The molecule has 3 heteroatoms. The molecular formula is C13H15NO2. The van der Waals surface area contributed by atoms with E-state index < -0.39 is 0 Å². The van der Waals surface area contributed by atoms with Gasteiger partial charge in [-0.1, -0.05) is 30.3 Å². The van der Waals surface area contributed by atoms with Crippen molar-refractivity contribution in [3.05, 3.63) is 35.9 Å². The van der Waals surface area contributed by atoms with Crippen LogP contribution in [0.3, 0.4) is 0 Å². The maximum absolute atomic E-state index is 11.6. The summed E-state index contributed by atoms with van der Waals surface area (Å²) in [6.07, 6.45) is 2.05. The molecule has 0 aliphatic carbocycles. The van der Waals surface area contributed by atoms with Crippen LogP contribution in [0, 0.1) is 0 Å². The average molecular weight is 217 g/mol. The number of benzene rings is 1. The van der Waals surface area contributed by atoms with Crippen LogP contribution in [0.25, 0.3) is 0 Å². The molecule has 84 valence electrons. The Balaban J connectivity index is 1.74. The van der Waals surface area contributed by atoms with Gasteiger partial charge in [-0.15, -0.1) is 0 Å². The van der Waals surface area contributed by atoms with Gasteiger partial charge in [-0.25, -0.2) is 0 Å². The van der Waals surface area contributed by atoms with Gasteiger partial charge in [0, 0.05) is 19.5 Å². The summed E-state index contributed by atoms with van der Waals surface area (Å²) in [6.45, 7) is 1.82. The third kappa shape index (κ3) is 1.71. The van der Waals surface area contributed by atoms with Crippen molar-refractivity contribution in [1.29, 1.82) is 0 Å². The average Bonchev–Trinajstić information content (AvgIpc) is 2.61. The van der Waals surface area contributed by atoms with E-state index in [-0.39, 0.29) is 18.1 Å². The quantitative estimate of drug-likeness (QED) is 0.704. The van der Waals surface area contributed by atoms with Crippen molar-refractivity contribution in [1.82, 2.24) is 4.90 Å². The molecule has 0 spiro atoms. The van der Waals surface area contributed by atoms with Crippen LogP contribution in [-0.2, 0) is 16.1 Å². The second-order valence-corrected chi connectivity index (χ2v) is 4.56. The molecule has 0 unspecified atom stereocenters. The van der Waals surface area contributed by atoms with Gasteiger partial charge in [-0.05, 0) is 12.0 Å². The topological polar surface area (TPSA) is 29.5 Å². The predicted octanol–water partition coefficient (Wildman–Crippen LogP) is 1.58. The molecule has 1 aromatic rings. The first kappa shape index (κ1) is 9.85. The maximum atomic E-state index is 11.6. The zero-order valence-corrected chi connectivity index (χ0v) is 9.13. The molecule has 0 aromatic heterocycles. The van der Waals surface area contributed by atoms with E-state index in [1.54, 1.807) is 0 Å². The number of carbonyl (C=O) groups is 1. The fraction of sp³-hybridized carbons (Fsp3) is 0.462. The van der Waals surface area contributed by atoms with Gasteiger partial charge in [-0.3, -0.25) is 9.69 Å². The molecular weight excluding hydrogens is 202 g/mol. The molecule has 3 rings (SSSR count). The summed E-state index contributed by atoms with van der Waals surface area (Å²) in [5.41, 5.74) is 1.26. The predicted molar refractivity (Wildman–Crippen MR) is 59.8 cm³/mol. The molecule has 2 fully saturated rings. The summed E-state index contributed by atoms with van der Waals surface area (Å²) in [6, 6.07) is 10.3. The zero-order chi connectivity index (χ0) is 11.0. The van der Waals surface area contributed by atoms with Crippen LogP contribution < -0.4 is 0 Å². The number of hydrogen-bond acceptors (Lipinski definition) is 3. The Hall–Kier alpha value is -1.35. The number of nitrogens with zero attached hydrogens (tertiary/aromatic N) is 1. The van der Waals surface area contributed by atoms with E-state index in [1.165, 1.54) is 5.56 Å². The van der Waals surface area contributed by atoms with Crippen LogP contribution in [0.4, 0.5) is 0 Å². The third-order valence-corrected chi connectivity index (χ3v) is 3.45. The van der Waals surface area contributed by atoms with Gasteiger partial charge in [0.15, 0.2) is 0 Å². The lowest BCUT2D eigenvalue weighted by atomic mass is 10.0. The minimum absolute atomic E-state index is 0.000967. The molecule has 2 aliphatic heterocycles. The second kappa shape index (κ2) is 3.91. The molecule has 2 aliphatic rings. The summed E-state index contributed by atoms with van der Waals surface area (Å²) in [5.74, 6) is -0.0292. The van der Waals surface area contributed by atoms with Crippen LogP contribution in [-0.4, -0.2) is 29.6 Å². The standard InChI is InChI=1S/C13H15NO2/c15-13-12-8-11(16-13)6-7-14(12)9-10-4-2-1-3-5-10/h1-5,11-12H,6-9H2/t11-,12-/m1/s1. The zero-order valence-electron chi connectivity index (χ0n) is 9.13. The van der Waals surface area contributed by atoms with Gasteiger partial charge in [0.1, 0.15) is 12.1 Å². The Morgan fingerprint density at radius 3 is 2.94 bits per heavy atom. The highest BCUT2D eigenvalue weighted by molar-refractivity contribution is 5.78. The molecule has 16 heavy (non-hydrogen) atoms. The first-order chi connectivity index (χ1) is 7.83. The van der Waals surface area contributed by atoms with E-state index in [1.807, 2.05) is 18.2 Å². The molecule has 2 heterocycles. The fourth-order valence-electron chi connectivity index (χ4n) is 2.58. The lowest BCUT2D eigenvalue weighted by molar-refractivity contribution is -0.143. The Morgan fingerprint density at radius 1 is 1.31 bits per heavy atom. The molecule has 0 N–H and O–H groups in total. The highest BCUT2D eigenvalue weighted by Crippen LogP contribution is 2.29. The number of piperidine rings is 1. The number of rotatable bonds is 2. The number of likely N-dealkylation sites (tertiary alicyclic amines) is 1. The minimum atomic E-state index is -0.0292. The first-order valence-electron chi connectivity index (χ1n) is 5.81. The lowest BCUT2D eigenvalue weighted by Crippen LogP contribution is -2.41. The number of hydrogen-bond donors (Lipinski definition) is 0. The second-order valence-electron chi connectivity index (χ2n) is 4.56. The van der Waals surface area contributed by atoms with Crippen LogP contribution in [0.1, 0.15) is 18.4 Å². The Bertz CT molecular complexity index is 390. The van der Waals surface area contributed by atoms with Crippen LogP contribution >= 0.6 is 0 Å². The Kier molecular flexibility index (Phi) is 2.40. The van der Waals surface area contributed by atoms with Crippen LogP contribution in [0.2, 0.25) is 0 Å². The van der Waals surface area contributed by atoms with Gasteiger partial charge in [0.2, 0.25) is 0 Å². The normalized spacial score (nSPS) is 29.1. The monoisotopic (exact) mass is 217 g/mol. The van der Waals surface area contributed by atoms with Crippen molar-refractivity contribution in [3.8, 4) is 0 Å². The van der Waals surface area contributed by atoms with Gasteiger partial charge in [-0.2, -0.15) is 0 Å². The number of fused-ring (bicyclic) bond motifs is 2. The van der Waals surface area contributed by atoms with Crippen molar-refractivity contribution < 1.29 is 9.53 Å². The van der Waals surface area contributed by atoms with Crippen molar-refractivity contribution in [2.45, 2.75) is 31.5 Å². The van der Waals surface area contributed by atoms with Crippen molar-refractivity contribution in [2.24, 2.45) is 0 Å². The summed E-state index contributed by atoms with van der Waals surface area (Å²) in [7, 11) is 0. The molecule has 1 aromatic carbocycles. The number of carbonyl (C=O) groups excluding carboxylic acids is 1. The summed E-state index contributed by atoms with van der Waals surface area (Å²) < 4.78 is 5.27. The highest BCUT2D eigenvalue weighted by Gasteiger charge is 2.42. The Morgan fingerprint density at radius 2 is 2.12 bits per heavy atom. The minimum Gasteiger partial charge on any atom is -0.461 e. The number of ether oxygens (including phenoxy) is 1. The first-order valence-corrected chi connectivity index (χ1v) is 5.81. The largest absolute Gasteiger partial charge is 0.461 e. The SMILES string of the molecule is O=C1O[C@@H]2CCN(Cc3ccccc3)[C@@H]1C2. The van der Waals surface area contributed by atoms with Crippen molar-refractivity contribution >= 4 is 5.97 Å². The van der Waals surface area contributed by atoms with E-state index in [2.05, 4.69) is 17.0 Å². The molecule has 3 nitrogen and oxygen atoms in total. The summed E-state index contributed by atoms with van der Waals surface area (Å²) >= 11 is 0. The summed E-state index contributed by atoms with van der Waals surface area (Å²) in [5, 5.41) is 0. The molecule has 0 radical (unpaired) electrons. The smallest absolute Gasteiger partial charge is 0.323 e. The van der Waals surface area contributed by atoms with Gasteiger partial charge in [0.05, 0.1) is 0 Å². The van der Waals surface area contributed by atoms with Crippen molar-refractivity contribution in [2.75, 3.05) is 6.54 Å². The van der Waals surface area contributed by atoms with E-state index in [4.69, 9.17) is 4.74 Å². The highest BCUT2D eigenvalue weighted by atomic mass is 16.6. The van der Waals surface area contributed by atoms with Crippen LogP contribution in [0.5, 0.6) is 0 Å². The van der Waals surface area contributed by atoms with E-state index in [0.29, 0.717) is 0 Å². The van der Waals surface area contributed by atoms with Crippen LogP contribution in [0.15, 0.2) is 30.3 Å². The van der Waals surface area contributed by atoms with E-state index in [9.17, 15) is 4.79 Å². The molecule has 2 saturated heterocycles. The van der Waals surface area contributed by atoms with E-state index >= 15 is 0 Å². The number of esters is 1. The van der Waals surface area contributed by atoms with Gasteiger partial charge >= 0.3 is 5.97 Å². The Labute approximate surface area is 95.0 Å². The van der Waals surface area contributed by atoms with Gasteiger partial charge < -0.3 is 4.74 Å². The van der Waals surface area contributed by atoms with E-state index in [0.717, 1.165) is 25.9 Å². The molecule has 2 atom stereocenters. The fourth-order valence-corrected chi connectivity index (χ4v) is 2.58. The third-order valence-electron chi connectivity index (χ3n) is 3.45. The summed E-state index contributed by atoms with van der Waals surface area (Å²) in [4.78, 5) is 13.8.